The zero-order valence-corrected chi connectivity index (χ0v) is 13.5. The largest absolute Gasteiger partial charge is 0.497 e. The van der Waals surface area contributed by atoms with E-state index in [1.807, 2.05) is 41.2 Å². The summed E-state index contributed by atoms with van der Waals surface area (Å²) in [4.78, 5) is 2.26. The van der Waals surface area contributed by atoms with Crippen molar-refractivity contribution in [3.05, 3.63) is 78.1 Å². The molecule has 3 rings (SSSR count). The van der Waals surface area contributed by atoms with E-state index in [0.717, 1.165) is 24.5 Å². The van der Waals surface area contributed by atoms with E-state index in [2.05, 4.69) is 47.5 Å². The molecule has 0 saturated heterocycles. The van der Waals surface area contributed by atoms with Crippen molar-refractivity contribution < 1.29 is 4.74 Å². The third-order valence-corrected chi connectivity index (χ3v) is 3.70. The molecule has 0 N–H and O–H groups in total. The summed E-state index contributed by atoms with van der Waals surface area (Å²) in [5.74, 6) is 0.896. The van der Waals surface area contributed by atoms with E-state index in [-0.39, 0.29) is 0 Å². The number of para-hydroxylation sites is 1. The molecule has 0 aliphatic heterocycles. The predicted molar refractivity (Wildman–Crippen MR) is 91.7 cm³/mol. The highest BCUT2D eigenvalue weighted by Crippen LogP contribution is 2.15. The predicted octanol–water partition coefficient (Wildman–Crippen LogP) is 3.51. The SMILES string of the molecule is COc1cccc(CN(C)Cc2cnn(-c3ccccc3)c2)c1. The van der Waals surface area contributed by atoms with E-state index in [1.54, 1.807) is 7.11 Å². The molecule has 23 heavy (non-hydrogen) atoms. The monoisotopic (exact) mass is 307 g/mol. The molecule has 0 bridgehead atoms. The van der Waals surface area contributed by atoms with Crippen molar-refractivity contribution in [2.24, 2.45) is 0 Å². The van der Waals surface area contributed by atoms with Gasteiger partial charge in [0, 0.05) is 24.8 Å². The van der Waals surface area contributed by atoms with E-state index in [0.29, 0.717) is 0 Å². The van der Waals surface area contributed by atoms with Gasteiger partial charge in [-0.2, -0.15) is 5.10 Å². The Bertz CT molecular complexity index is 752. The number of ether oxygens (including phenoxy) is 1. The maximum Gasteiger partial charge on any atom is 0.119 e. The smallest absolute Gasteiger partial charge is 0.119 e. The minimum Gasteiger partial charge on any atom is -0.497 e. The summed E-state index contributed by atoms with van der Waals surface area (Å²) in [7, 11) is 3.81. The number of hydrogen-bond acceptors (Lipinski definition) is 3. The first-order valence-electron chi connectivity index (χ1n) is 7.65. The van der Waals surface area contributed by atoms with Crippen molar-refractivity contribution in [1.29, 1.82) is 0 Å². The molecule has 1 aromatic heterocycles. The van der Waals surface area contributed by atoms with Gasteiger partial charge in [-0.05, 0) is 36.9 Å². The van der Waals surface area contributed by atoms with Gasteiger partial charge < -0.3 is 4.74 Å². The van der Waals surface area contributed by atoms with Gasteiger partial charge in [-0.15, -0.1) is 0 Å². The van der Waals surface area contributed by atoms with Gasteiger partial charge in [0.2, 0.25) is 0 Å². The van der Waals surface area contributed by atoms with Crippen LogP contribution < -0.4 is 4.74 Å². The van der Waals surface area contributed by atoms with E-state index < -0.39 is 0 Å². The Balaban J connectivity index is 1.64. The molecule has 1 heterocycles. The van der Waals surface area contributed by atoms with Crippen molar-refractivity contribution >= 4 is 0 Å². The van der Waals surface area contributed by atoms with Gasteiger partial charge in [0.15, 0.2) is 0 Å². The van der Waals surface area contributed by atoms with Crippen molar-refractivity contribution in [2.75, 3.05) is 14.2 Å². The molecule has 3 aromatic rings. The van der Waals surface area contributed by atoms with Crippen LogP contribution in [0, 0.1) is 0 Å². The number of hydrogen-bond donors (Lipinski definition) is 0. The number of nitrogens with zero attached hydrogens (tertiary/aromatic N) is 3. The van der Waals surface area contributed by atoms with E-state index in [1.165, 1.54) is 11.1 Å². The molecule has 0 spiro atoms. The molecule has 0 amide bonds. The molecule has 0 atom stereocenters. The van der Waals surface area contributed by atoms with E-state index in [9.17, 15) is 0 Å². The summed E-state index contributed by atoms with van der Waals surface area (Å²) in [6.07, 6.45) is 4.01. The Morgan fingerprint density at radius 1 is 1.00 bits per heavy atom. The molecule has 2 aromatic carbocycles. The second-order valence-corrected chi connectivity index (χ2v) is 5.65. The van der Waals surface area contributed by atoms with Crippen molar-refractivity contribution in [1.82, 2.24) is 14.7 Å². The van der Waals surface area contributed by atoms with Crippen molar-refractivity contribution in [3.8, 4) is 11.4 Å². The summed E-state index contributed by atoms with van der Waals surface area (Å²) in [6, 6.07) is 18.3. The third-order valence-electron chi connectivity index (χ3n) is 3.70. The molecule has 0 radical (unpaired) electrons. The van der Waals surface area contributed by atoms with Gasteiger partial charge in [0.05, 0.1) is 19.0 Å². The fourth-order valence-electron chi connectivity index (χ4n) is 2.61. The number of rotatable bonds is 6. The lowest BCUT2D eigenvalue weighted by molar-refractivity contribution is 0.318. The Morgan fingerprint density at radius 2 is 1.78 bits per heavy atom. The highest BCUT2D eigenvalue weighted by Gasteiger charge is 2.06. The van der Waals surface area contributed by atoms with Gasteiger partial charge in [0.1, 0.15) is 5.75 Å². The molecule has 4 nitrogen and oxygen atoms in total. The van der Waals surface area contributed by atoms with Crippen molar-refractivity contribution in [3.63, 3.8) is 0 Å². The highest BCUT2D eigenvalue weighted by atomic mass is 16.5. The topological polar surface area (TPSA) is 30.3 Å². The molecule has 0 unspecified atom stereocenters. The van der Waals surface area contributed by atoms with Gasteiger partial charge in [0.25, 0.3) is 0 Å². The first-order chi connectivity index (χ1) is 11.2. The fourth-order valence-corrected chi connectivity index (χ4v) is 2.61. The van der Waals surface area contributed by atoms with Crippen LogP contribution in [0.3, 0.4) is 0 Å². The lowest BCUT2D eigenvalue weighted by atomic mass is 10.2. The normalized spacial score (nSPS) is 10.9. The molecular formula is C19H21N3O. The zero-order valence-electron chi connectivity index (χ0n) is 13.5. The van der Waals surface area contributed by atoms with Gasteiger partial charge >= 0.3 is 0 Å². The Morgan fingerprint density at radius 3 is 2.57 bits per heavy atom. The van der Waals surface area contributed by atoms with Crippen LogP contribution in [0.2, 0.25) is 0 Å². The Labute approximate surface area is 136 Å². The van der Waals surface area contributed by atoms with Crippen LogP contribution in [0.4, 0.5) is 0 Å². The Kier molecular flexibility index (Phi) is 4.74. The summed E-state index contributed by atoms with van der Waals surface area (Å²) in [6.45, 7) is 1.72. The number of methoxy groups -OCH3 is 1. The maximum atomic E-state index is 5.28. The Hall–Kier alpha value is -2.59. The van der Waals surface area contributed by atoms with E-state index >= 15 is 0 Å². The first-order valence-corrected chi connectivity index (χ1v) is 7.65. The summed E-state index contributed by atoms with van der Waals surface area (Å²) >= 11 is 0. The lowest BCUT2D eigenvalue weighted by Crippen LogP contribution is -2.16. The molecule has 118 valence electrons. The summed E-state index contributed by atoms with van der Waals surface area (Å²) in [5, 5.41) is 4.44. The van der Waals surface area contributed by atoms with Crippen LogP contribution in [0.5, 0.6) is 5.75 Å². The lowest BCUT2D eigenvalue weighted by Gasteiger charge is -2.16. The highest BCUT2D eigenvalue weighted by molar-refractivity contribution is 5.31. The van der Waals surface area contributed by atoms with Gasteiger partial charge in [-0.25, -0.2) is 4.68 Å². The molecule has 0 saturated carbocycles. The minimum absolute atomic E-state index is 0.851. The average Bonchev–Trinajstić information content (AvgIpc) is 3.04. The average molecular weight is 307 g/mol. The number of benzene rings is 2. The van der Waals surface area contributed by atoms with Crippen LogP contribution in [0.1, 0.15) is 11.1 Å². The maximum absolute atomic E-state index is 5.28. The van der Waals surface area contributed by atoms with Crippen LogP contribution in [-0.4, -0.2) is 28.8 Å². The minimum atomic E-state index is 0.851. The van der Waals surface area contributed by atoms with Crippen LogP contribution in [0.15, 0.2) is 67.0 Å². The second kappa shape index (κ2) is 7.11. The van der Waals surface area contributed by atoms with Crippen LogP contribution in [0.25, 0.3) is 5.69 Å². The first kappa shape index (κ1) is 15.3. The molecule has 0 aliphatic rings. The summed E-state index contributed by atoms with van der Waals surface area (Å²) < 4.78 is 7.19. The summed E-state index contributed by atoms with van der Waals surface area (Å²) in [5.41, 5.74) is 3.51. The van der Waals surface area contributed by atoms with Gasteiger partial charge in [-0.3, -0.25) is 4.90 Å². The molecule has 0 aliphatic carbocycles. The van der Waals surface area contributed by atoms with E-state index in [4.69, 9.17) is 4.74 Å². The molecule has 4 heteroatoms. The van der Waals surface area contributed by atoms with Gasteiger partial charge in [-0.1, -0.05) is 30.3 Å². The zero-order chi connectivity index (χ0) is 16.1. The number of aromatic nitrogens is 2. The second-order valence-electron chi connectivity index (χ2n) is 5.65. The fraction of sp³-hybridized carbons (Fsp3) is 0.211. The third kappa shape index (κ3) is 3.99. The quantitative estimate of drug-likeness (QED) is 0.698. The van der Waals surface area contributed by atoms with Crippen LogP contribution >= 0.6 is 0 Å². The van der Waals surface area contributed by atoms with Crippen molar-refractivity contribution in [2.45, 2.75) is 13.1 Å². The van der Waals surface area contributed by atoms with Crippen LogP contribution in [-0.2, 0) is 13.1 Å². The molecule has 0 fully saturated rings. The standard InChI is InChI=1S/C19H21N3O/c1-21(13-16-7-6-10-19(11-16)23-2)14-17-12-20-22(15-17)18-8-4-3-5-9-18/h3-12,15H,13-14H2,1-2H3. The molecular weight excluding hydrogens is 286 g/mol.